The Bertz CT molecular complexity index is 1020. The molecule has 1 aromatic carbocycles. The van der Waals surface area contributed by atoms with Gasteiger partial charge in [0.25, 0.3) is 5.91 Å². The number of amides is 1. The van der Waals surface area contributed by atoms with Crippen molar-refractivity contribution in [1.29, 1.82) is 0 Å². The third kappa shape index (κ3) is 6.15. The Morgan fingerprint density at radius 2 is 2.06 bits per heavy atom. The maximum atomic E-state index is 13.6. The minimum absolute atomic E-state index is 0.0249. The number of hydrogen-bond donors (Lipinski definition) is 4. The third-order valence-electron chi connectivity index (χ3n) is 5.91. The van der Waals surface area contributed by atoms with Gasteiger partial charge in [-0.15, -0.1) is 0 Å². The van der Waals surface area contributed by atoms with E-state index in [1.807, 2.05) is 13.8 Å². The molecule has 2 aromatic rings. The number of carbonyl (C=O) groups excluding carboxylic acids is 1. The average molecular weight is 479 g/mol. The number of halogens is 3. The van der Waals surface area contributed by atoms with Crippen LogP contribution in [0.3, 0.4) is 0 Å². The van der Waals surface area contributed by atoms with E-state index in [1.165, 1.54) is 6.07 Å². The first-order chi connectivity index (χ1) is 16.2. The van der Waals surface area contributed by atoms with Gasteiger partial charge in [-0.2, -0.15) is 13.2 Å². The molecule has 34 heavy (non-hydrogen) atoms. The van der Waals surface area contributed by atoms with Gasteiger partial charge in [0.2, 0.25) is 0 Å². The molecule has 2 fully saturated rings. The van der Waals surface area contributed by atoms with Crippen LogP contribution >= 0.6 is 0 Å². The highest BCUT2D eigenvalue weighted by atomic mass is 19.4. The topological polar surface area (TPSA) is 100 Å². The lowest BCUT2D eigenvalue weighted by molar-refractivity contribution is -0.141. The second-order valence-corrected chi connectivity index (χ2v) is 9.04. The van der Waals surface area contributed by atoms with Crippen molar-refractivity contribution in [1.82, 2.24) is 26.1 Å². The number of hydrogen-bond acceptors (Lipinski definition) is 7. The minimum Gasteiger partial charge on any atom is -0.484 e. The maximum Gasteiger partial charge on any atom is 0.433 e. The number of carbonyl (C=O) groups is 1. The van der Waals surface area contributed by atoms with E-state index >= 15 is 0 Å². The van der Waals surface area contributed by atoms with E-state index in [9.17, 15) is 18.0 Å². The van der Waals surface area contributed by atoms with Crippen LogP contribution in [-0.4, -0.2) is 47.2 Å². The van der Waals surface area contributed by atoms with Crippen molar-refractivity contribution in [3.63, 3.8) is 0 Å². The minimum atomic E-state index is -4.62. The number of hydrazine groups is 1. The van der Waals surface area contributed by atoms with Crippen molar-refractivity contribution in [3.8, 4) is 17.1 Å². The number of ether oxygens (including phenoxy) is 1. The Labute approximate surface area is 196 Å². The Morgan fingerprint density at radius 3 is 2.82 bits per heavy atom. The summed E-state index contributed by atoms with van der Waals surface area (Å²) in [7, 11) is 0. The summed E-state index contributed by atoms with van der Waals surface area (Å²) in [6, 6.07) is 7.76. The Morgan fingerprint density at radius 1 is 1.24 bits per heavy atom. The second kappa shape index (κ2) is 10.1. The van der Waals surface area contributed by atoms with E-state index in [4.69, 9.17) is 4.74 Å². The van der Waals surface area contributed by atoms with E-state index in [0.717, 1.165) is 31.9 Å². The molecule has 0 spiro atoms. The predicted molar refractivity (Wildman–Crippen MR) is 121 cm³/mol. The van der Waals surface area contributed by atoms with Gasteiger partial charge in [-0.25, -0.2) is 9.97 Å². The number of alkyl halides is 3. The highest BCUT2D eigenvalue weighted by Crippen LogP contribution is 2.33. The van der Waals surface area contributed by atoms with Crippen LogP contribution in [0.2, 0.25) is 0 Å². The zero-order chi connectivity index (χ0) is 24.3. The molecule has 1 amide bonds. The van der Waals surface area contributed by atoms with Gasteiger partial charge in [0, 0.05) is 36.3 Å². The number of rotatable bonds is 7. The van der Waals surface area contributed by atoms with Crippen LogP contribution in [0.1, 0.15) is 38.8 Å². The van der Waals surface area contributed by atoms with Crippen LogP contribution < -0.4 is 26.2 Å². The summed E-state index contributed by atoms with van der Waals surface area (Å²) < 4.78 is 46.3. The summed E-state index contributed by atoms with van der Waals surface area (Å²) in [6.45, 7) is 4.31. The molecule has 1 aliphatic carbocycles. The number of nitrogens with one attached hydrogen (secondary N) is 4. The molecule has 184 valence electrons. The molecule has 1 saturated carbocycles. The molecule has 1 aromatic heterocycles. The Kier molecular flexibility index (Phi) is 7.22. The van der Waals surface area contributed by atoms with E-state index in [0.29, 0.717) is 23.3 Å². The maximum absolute atomic E-state index is 13.6. The number of anilines is 1. The van der Waals surface area contributed by atoms with Gasteiger partial charge in [-0.3, -0.25) is 15.6 Å². The van der Waals surface area contributed by atoms with E-state index < -0.39 is 11.9 Å². The number of benzene rings is 1. The van der Waals surface area contributed by atoms with Crippen LogP contribution in [0.5, 0.6) is 5.75 Å². The van der Waals surface area contributed by atoms with Gasteiger partial charge in [-0.1, -0.05) is 12.1 Å². The first-order valence-electron chi connectivity index (χ1n) is 11.4. The van der Waals surface area contributed by atoms with Gasteiger partial charge in [0.05, 0.1) is 0 Å². The van der Waals surface area contributed by atoms with Crippen molar-refractivity contribution in [2.24, 2.45) is 5.92 Å². The van der Waals surface area contributed by atoms with Crippen LogP contribution in [0.15, 0.2) is 30.3 Å². The van der Waals surface area contributed by atoms with Gasteiger partial charge in [0.1, 0.15) is 11.6 Å². The van der Waals surface area contributed by atoms with Crippen LogP contribution in [0.4, 0.5) is 19.0 Å². The number of aromatic nitrogens is 2. The molecule has 11 heteroatoms. The zero-order valence-electron chi connectivity index (χ0n) is 19.1. The number of nitrogens with zero attached hydrogens (tertiary/aromatic N) is 2. The molecule has 0 bridgehead atoms. The lowest BCUT2D eigenvalue weighted by Crippen LogP contribution is -2.39. The molecule has 1 aliphatic heterocycles. The highest BCUT2D eigenvalue weighted by Gasteiger charge is 2.36. The van der Waals surface area contributed by atoms with E-state index in [1.54, 1.807) is 18.2 Å². The van der Waals surface area contributed by atoms with Crippen LogP contribution in [-0.2, 0) is 11.0 Å². The Balaban J connectivity index is 1.53. The van der Waals surface area contributed by atoms with Gasteiger partial charge in [-0.05, 0) is 51.2 Å². The molecule has 3 atom stereocenters. The number of fused-ring (bicyclic) bond motifs is 1. The summed E-state index contributed by atoms with van der Waals surface area (Å²) in [5.41, 5.74) is 5.75. The zero-order valence-corrected chi connectivity index (χ0v) is 19.1. The molecule has 0 radical (unpaired) electrons. The second-order valence-electron chi connectivity index (χ2n) is 9.04. The molecule has 8 nitrogen and oxygen atoms in total. The summed E-state index contributed by atoms with van der Waals surface area (Å²) in [6.07, 6.45) is -2.01. The van der Waals surface area contributed by atoms with E-state index in [2.05, 4.69) is 31.5 Å². The molecule has 4 N–H and O–H groups in total. The first-order valence-corrected chi connectivity index (χ1v) is 11.4. The lowest BCUT2D eigenvalue weighted by Gasteiger charge is -2.31. The summed E-state index contributed by atoms with van der Waals surface area (Å²) >= 11 is 0. The summed E-state index contributed by atoms with van der Waals surface area (Å²) in [4.78, 5) is 20.0. The van der Waals surface area contributed by atoms with Crippen LogP contribution in [0.25, 0.3) is 11.4 Å². The van der Waals surface area contributed by atoms with Crippen molar-refractivity contribution in [2.45, 2.75) is 57.4 Å². The van der Waals surface area contributed by atoms with Gasteiger partial charge in [0.15, 0.2) is 18.1 Å². The first kappa shape index (κ1) is 24.2. The molecule has 2 aliphatic rings. The van der Waals surface area contributed by atoms with Crippen molar-refractivity contribution >= 4 is 11.7 Å². The van der Waals surface area contributed by atoms with Crippen molar-refractivity contribution < 1.29 is 22.7 Å². The molecule has 3 unspecified atom stereocenters. The monoisotopic (exact) mass is 478 g/mol. The largest absolute Gasteiger partial charge is 0.484 e. The quantitative estimate of drug-likeness (QED) is 0.485. The lowest BCUT2D eigenvalue weighted by atomic mass is 9.83. The van der Waals surface area contributed by atoms with Gasteiger partial charge < -0.3 is 15.4 Å². The summed E-state index contributed by atoms with van der Waals surface area (Å²) in [5.74, 6) is 0.557. The van der Waals surface area contributed by atoms with Crippen molar-refractivity contribution in [3.05, 3.63) is 36.0 Å². The van der Waals surface area contributed by atoms with Crippen LogP contribution in [0, 0.1) is 5.92 Å². The molecule has 1 saturated heterocycles. The molecule has 2 heterocycles. The molecular weight excluding hydrogens is 449 g/mol. The van der Waals surface area contributed by atoms with E-state index in [-0.39, 0.29) is 36.2 Å². The average Bonchev–Trinajstić information content (AvgIpc) is 3.25. The standard InChI is InChI=1S/C23H29F3N6O2/c1-13(2)28-21(33)12-34-17-5-3-4-14(9-17)22-30-19(23(24,25)26)10-20(31-22)29-16-6-7-18-15(8-16)11-27-32-18/h3-5,9-10,13,15-16,18,27,32H,6-8,11-12H2,1-2H3,(H,28,33)(H,29,30,31). The smallest absolute Gasteiger partial charge is 0.433 e. The fraction of sp³-hybridized carbons (Fsp3) is 0.522. The fourth-order valence-electron chi connectivity index (χ4n) is 4.37. The third-order valence-corrected chi connectivity index (χ3v) is 5.91. The van der Waals surface area contributed by atoms with Crippen molar-refractivity contribution in [2.75, 3.05) is 18.5 Å². The normalized spacial score (nSPS) is 22.4. The molecule has 4 rings (SSSR count). The fourth-order valence-corrected chi connectivity index (χ4v) is 4.37. The Hall–Kier alpha value is -2.92. The highest BCUT2D eigenvalue weighted by molar-refractivity contribution is 5.77. The molecular formula is C23H29F3N6O2. The summed E-state index contributed by atoms with van der Waals surface area (Å²) in [5, 5.41) is 5.91. The van der Waals surface area contributed by atoms with Gasteiger partial charge >= 0.3 is 6.18 Å². The predicted octanol–water partition coefficient (Wildman–Crippen LogP) is 3.12. The SMILES string of the molecule is CC(C)NC(=O)COc1cccc(-c2nc(NC3CCC4NNCC4C3)cc(C(F)(F)F)n2)c1.